The van der Waals surface area contributed by atoms with Gasteiger partial charge in [-0.3, -0.25) is 24.0 Å². The largest absolute Gasteiger partial charge is 0.481 e. The van der Waals surface area contributed by atoms with Gasteiger partial charge in [0.05, 0.1) is 12.1 Å². The van der Waals surface area contributed by atoms with Crippen LogP contribution in [0.25, 0.3) is 0 Å². The van der Waals surface area contributed by atoms with Crippen molar-refractivity contribution in [1.29, 1.82) is 0 Å². The van der Waals surface area contributed by atoms with Gasteiger partial charge in [0.15, 0.2) is 6.04 Å². The van der Waals surface area contributed by atoms with Crippen molar-refractivity contribution >= 4 is 35.6 Å². The minimum Gasteiger partial charge on any atom is -0.481 e. The van der Waals surface area contributed by atoms with Crippen LogP contribution in [0.15, 0.2) is 0 Å². The summed E-state index contributed by atoms with van der Waals surface area (Å²) >= 11 is 0. The Morgan fingerprint density at radius 3 is 1.74 bits per heavy atom. The first-order valence-electron chi connectivity index (χ1n) is 9.27. The third-order valence-electron chi connectivity index (χ3n) is 4.08. The normalized spacial score (nSPS) is 15.5. The highest BCUT2D eigenvalue weighted by molar-refractivity contribution is 5.94. The van der Waals surface area contributed by atoms with Crippen LogP contribution in [0.4, 0.5) is 0 Å². The zero-order chi connectivity index (χ0) is 24.3. The van der Waals surface area contributed by atoms with Gasteiger partial charge in [0, 0.05) is 12.8 Å². The average molecular weight is 448 g/mol. The number of aliphatic carboxylic acids is 3. The molecule has 0 saturated carbocycles. The molecule has 31 heavy (non-hydrogen) atoms. The number of carbonyl (C=O) groups excluding carboxylic acids is 3. The number of aliphatic hydroxyl groups is 1. The molecule has 0 fully saturated rings. The minimum atomic E-state index is -1.69. The molecule has 0 aromatic carbocycles. The van der Waals surface area contributed by atoms with E-state index in [9.17, 15) is 33.9 Å². The van der Waals surface area contributed by atoms with E-state index in [-0.39, 0.29) is 12.8 Å². The van der Waals surface area contributed by atoms with Gasteiger partial charge in [0.25, 0.3) is 0 Å². The van der Waals surface area contributed by atoms with E-state index in [4.69, 9.17) is 21.1 Å². The van der Waals surface area contributed by atoms with Gasteiger partial charge in [0.1, 0.15) is 12.1 Å². The zero-order valence-electron chi connectivity index (χ0n) is 17.0. The molecule has 14 heteroatoms. The van der Waals surface area contributed by atoms with Crippen LogP contribution in [0.2, 0.25) is 0 Å². The van der Waals surface area contributed by atoms with Crippen LogP contribution in [-0.2, 0) is 28.8 Å². The fourth-order valence-electron chi connectivity index (χ4n) is 2.27. The summed E-state index contributed by atoms with van der Waals surface area (Å²) in [5.41, 5.74) is 5.54. The van der Waals surface area contributed by atoms with Gasteiger partial charge in [-0.15, -0.1) is 0 Å². The molecule has 0 radical (unpaired) electrons. The van der Waals surface area contributed by atoms with Crippen molar-refractivity contribution < 1.29 is 49.2 Å². The molecule has 14 nitrogen and oxygen atoms in total. The number of hydrogen-bond donors (Lipinski definition) is 8. The molecule has 9 N–H and O–H groups in total. The number of amides is 3. The lowest BCUT2D eigenvalue weighted by Crippen LogP contribution is -2.57. The summed E-state index contributed by atoms with van der Waals surface area (Å²) in [6, 6.07) is -5.58. The molecule has 0 aliphatic heterocycles. The van der Waals surface area contributed by atoms with Crippen molar-refractivity contribution in [1.82, 2.24) is 16.0 Å². The molecule has 0 aliphatic carbocycles. The van der Waals surface area contributed by atoms with Crippen LogP contribution in [0.1, 0.15) is 39.5 Å². The van der Waals surface area contributed by atoms with Gasteiger partial charge >= 0.3 is 17.9 Å². The monoisotopic (exact) mass is 448 g/mol. The summed E-state index contributed by atoms with van der Waals surface area (Å²) in [5, 5.41) is 42.4. The summed E-state index contributed by atoms with van der Waals surface area (Å²) in [5.74, 6) is -6.72. The molecule has 0 heterocycles. The van der Waals surface area contributed by atoms with Crippen molar-refractivity contribution in [3.05, 3.63) is 0 Å². The molecule has 5 unspecified atom stereocenters. The number of carboxylic acid groups (broad SMARTS) is 3. The maximum absolute atomic E-state index is 12.4. The van der Waals surface area contributed by atoms with Crippen molar-refractivity contribution in [2.24, 2.45) is 5.73 Å². The van der Waals surface area contributed by atoms with E-state index in [0.29, 0.717) is 0 Å². The quantitative estimate of drug-likeness (QED) is 0.133. The van der Waals surface area contributed by atoms with E-state index in [1.54, 1.807) is 0 Å². The molecular formula is C17H28N4O10. The number of carbonyl (C=O) groups is 6. The van der Waals surface area contributed by atoms with Gasteiger partial charge in [-0.25, -0.2) is 4.79 Å². The second-order valence-electron chi connectivity index (χ2n) is 6.83. The van der Waals surface area contributed by atoms with Crippen molar-refractivity contribution in [3.63, 3.8) is 0 Å². The third-order valence-corrected chi connectivity index (χ3v) is 4.08. The molecule has 0 bridgehead atoms. The third kappa shape index (κ3) is 10.9. The molecule has 3 amide bonds. The number of hydrogen-bond acceptors (Lipinski definition) is 8. The molecule has 176 valence electrons. The van der Waals surface area contributed by atoms with Crippen LogP contribution in [-0.4, -0.2) is 86.3 Å². The number of rotatable bonds is 14. The molecular weight excluding hydrogens is 420 g/mol. The SMILES string of the molecule is CC(NC(=O)C(N)CCC(=O)O)C(=O)NC(CCC(=O)O)C(=O)NC(C(=O)O)C(C)O. The highest BCUT2D eigenvalue weighted by atomic mass is 16.4. The predicted molar refractivity (Wildman–Crippen MR) is 102 cm³/mol. The molecule has 0 saturated heterocycles. The number of nitrogens with two attached hydrogens (primary N) is 1. The Balaban J connectivity index is 5.12. The van der Waals surface area contributed by atoms with Crippen LogP contribution >= 0.6 is 0 Å². The fourth-order valence-corrected chi connectivity index (χ4v) is 2.27. The van der Waals surface area contributed by atoms with Crippen LogP contribution in [0.5, 0.6) is 0 Å². The molecule has 0 rings (SSSR count). The van der Waals surface area contributed by atoms with Gasteiger partial charge in [-0.2, -0.15) is 0 Å². The van der Waals surface area contributed by atoms with Crippen molar-refractivity contribution in [2.75, 3.05) is 0 Å². The molecule has 0 spiro atoms. The lowest BCUT2D eigenvalue weighted by molar-refractivity contribution is -0.145. The van der Waals surface area contributed by atoms with Gasteiger partial charge < -0.3 is 42.1 Å². The number of aliphatic hydroxyl groups excluding tert-OH is 1. The smallest absolute Gasteiger partial charge is 0.328 e. The summed E-state index contributed by atoms with van der Waals surface area (Å²) in [4.78, 5) is 69.1. The van der Waals surface area contributed by atoms with E-state index in [0.717, 1.165) is 6.92 Å². The molecule has 0 aromatic heterocycles. The fraction of sp³-hybridized carbons (Fsp3) is 0.647. The summed E-state index contributed by atoms with van der Waals surface area (Å²) < 4.78 is 0. The van der Waals surface area contributed by atoms with Crippen LogP contribution in [0, 0.1) is 0 Å². The Labute approximate surface area is 177 Å². The Kier molecular flexibility index (Phi) is 11.7. The summed E-state index contributed by atoms with van der Waals surface area (Å²) in [7, 11) is 0. The Morgan fingerprint density at radius 1 is 0.774 bits per heavy atom. The first-order chi connectivity index (χ1) is 14.3. The van der Waals surface area contributed by atoms with Crippen LogP contribution in [0.3, 0.4) is 0 Å². The highest BCUT2D eigenvalue weighted by Crippen LogP contribution is 2.03. The van der Waals surface area contributed by atoms with E-state index >= 15 is 0 Å². The van der Waals surface area contributed by atoms with Crippen LogP contribution < -0.4 is 21.7 Å². The summed E-state index contributed by atoms with van der Waals surface area (Å²) in [6.45, 7) is 2.37. The first-order valence-corrected chi connectivity index (χ1v) is 9.27. The molecule has 0 aromatic rings. The van der Waals surface area contributed by atoms with E-state index < -0.39 is 78.7 Å². The number of nitrogens with one attached hydrogen (secondary N) is 3. The Morgan fingerprint density at radius 2 is 1.29 bits per heavy atom. The van der Waals surface area contributed by atoms with Crippen molar-refractivity contribution in [3.8, 4) is 0 Å². The van der Waals surface area contributed by atoms with Crippen molar-refractivity contribution in [2.45, 2.75) is 69.8 Å². The lowest BCUT2D eigenvalue weighted by Gasteiger charge is -2.24. The second-order valence-corrected chi connectivity index (χ2v) is 6.83. The molecule has 5 atom stereocenters. The Hall–Kier alpha value is -3.26. The second kappa shape index (κ2) is 13.1. The zero-order valence-corrected chi connectivity index (χ0v) is 17.0. The first kappa shape index (κ1) is 27.7. The number of carboxylic acids is 3. The van der Waals surface area contributed by atoms with Gasteiger partial charge in [0.2, 0.25) is 17.7 Å². The van der Waals surface area contributed by atoms with Gasteiger partial charge in [-0.1, -0.05) is 0 Å². The standard InChI is InChI=1S/C17H28N4O10/c1-7(19-15(28)9(18)3-5-11(23)24)14(27)20-10(4-6-12(25)26)16(29)21-13(8(2)22)17(30)31/h7-10,13,22H,3-6,18H2,1-2H3,(H,19,28)(H,20,27)(H,21,29)(H,23,24)(H,25,26)(H,30,31). The van der Waals surface area contributed by atoms with Gasteiger partial charge in [-0.05, 0) is 26.7 Å². The van der Waals surface area contributed by atoms with E-state index in [2.05, 4.69) is 10.6 Å². The average Bonchev–Trinajstić information content (AvgIpc) is 2.65. The predicted octanol–water partition coefficient (Wildman–Crippen LogP) is -3.02. The highest BCUT2D eigenvalue weighted by Gasteiger charge is 2.31. The van der Waals surface area contributed by atoms with E-state index in [1.807, 2.05) is 5.32 Å². The topological polar surface area (TPSA) is 245 Å². The van der Waals surface area contributed by atoms with E-state index in [1.165, 1.54) is 6.92 Å². The summed E-state index contributed by atoms with van der Waals surface area (Å²) in [6.07, 6.45) is -2.93. The maximum atomic E-state index is 12.4. The Bertz CT molecular complexity index is 696. The molecule has 0 aliphatic rings. The lowest BCUT2D eigenvalue weighted by atomic mass is 10.1. The maximum Gasteiger partial charge on any atom is 0.328 e. The minimum absolute atomic E-state index is 0.172.